The number of sulfonamides is 1. The summed E-state index contributed by atoms with van der Waals surface area (Å²) >= 11 is 0. The Hall–Kier alpha value is -3.00. The smallest absolute Gasteiger partial charge is 0.244 e. The Morgan fingerprint density at radius 2 is 2.00 bits per heavy atom. The molecule has 0 aliphatic carbocycles. The van der Waals surface area contributed by atoms with Gasteiger partial charge in [-0.15, -0.1) is 0 Å². The second-order valence-corrected chi connectivity index (χ2v) is 8.93. The summed E-state index contributed by atoms with van der Waals surface area (Å²) in [4.78, 5) is 12.2. The van der Waals surface area contributed by atoms with Crippen molar-refractivity contribution < 1.29 is 22.7 Å². The number of fused-ring (bicyclic) bond motifs is 1. The molecule has 0 radical (unpaired) electrons. The third kappa shape index (κ3) is 6.00. The molecule has 2 aromatic rings. The van der Waals surface area contributed by atoms with E-state index >= 15 is 0 Å². The Bertz CT molecular complexity index is 1050. The number of carbonyl (C=O) groups excluding carboxylic acids is 1. The van der Waals surface area contributed by atoms with E-state index in [9.17, 15) is 13.2 Å². The quantitative estimate of drug-likeness (QED) is 0.628. The standard InChI is InChI=1S/C22H26N2O5S/c1-4-28-20-12-17-11-15(2)29-21(17)13-18(20)14-23-22(25)10-7-16-5-8-19(9-6-16)24-30(3,26)27/h5-10,12-13,15,24H,4,11,14H2,1-3H3,(H,23,25). The zero-order valence-corrected chi connectivity index (χ0v) is 18.1. The zero-order valence-electron chi connectivity index (χ0n) is 17.3. The van der Waals surface area contributed by atoms with E-state index in [-0.39, 0.29) is 12.0 Å². The predicted octanol–water partition coefficient (Wildman–Crippen LogP) is 3.11. The molecular weight excluding hydrogens is 404 g/mol. The second kappa shape index (κ2) is 9.21. The lowest BCUT2D eigenvalue weighted by atomic mass is 10.1. The van der Waals surface area contributed by atoms with Crippen LogP contribution in [0.25, 0.3) is 6.08 Å². The van der Waals surface area contributed by atoms with Crippen molar-refractivity contribution in [1.29, 1.82) is 0 Å². The molecule has 1 unspecified atom stereocenters. The number of rotatable bonds is 8. The molecule has 1 heterocycles. The van der Waals surface area contributed by atoms with Crippen LogP contribution in [-0.2, 0) is 27.8 Å². The SMILES string of the molecule is CCOc1cc2c(cc1CNC(=O)C=Cc1ccc(NS(C)(=O)=O)cc1)OC(C)C2. The summed E-state index contributed by atoms with van der Waals surface area (Å²) in [6, 6.07) is 10.6. The molecule has 7 nitrogen and oxygen atoms in total. The lowest BCUT2D eigenvalue weighted by Gasteiger charge is -2.13. The van der Waals surface area contributed by atoms with Crippen molar-refractivity contribution in [2.75, 3.05) is 17.6 Å². The van der Waals surface area contributed by atoms with Crippen LogP contribution in [0, 0.1) is 0 Å². The molecule has 2 aromatic carbocycles. The molecule has 0 saturated carbocycles. The summed E-state index contributed by atoms with van der Waals surface area (Å²) in [5, 5.41) is 2.86. The third-order valence-corrected chi connectivity index (χ3v) is 5.08. The molecule has 1 amide bonds. The molecule has 0 saturated heterocycles. The number of carbonyl (C=O) groups is 1. The van der Waals surface area contributed by atoms with Gasteiger partial charge in [0.1, 0.15) is 17.6 Å². The van der Waals surface area contributed by atoms with Crippen LogP contribution in [0.5, 0.6) is 11.5 Å². The monoisotopic (exact) mass is 430 g/mol. The van der Waals surface area contributed by atoms with Gasteiger partial charge in [-0.1, -0.05) is 12.1 Å². The average Bonchev–Trinajstić information content (AvgIpc) is 3.03. The summed E-state index contributed by atoms with van der Waals surface area (Å²) in [7, 11) is -3.32. The van der Waals surface area contributed by atoms with E-state index in [4.69, 9.17) is 9.47 Å². The second-order valence-electron chi connectivity index (χ2n) is 7.18. The molecular formula is C22H26N2O5S. The van der Waals surface area contributed by atoms with Crippen molar-refractivity contribution in [3.05, 3.63) is 59.2 Å². The number of anilines is 1. The van der Waals surface area contributed by atoms with E-state index in [2.05, 4.69) is 10.0 Å². The highest BCUT2D eigenvalue weighted by Crippen LogP contribution is 2.35. The zero-order chi connectivity index (χ0) is 21.7. The number of nitrogens with one attached hydrogen (secondary N) is 2. The maximum absolute atomic E-state index is 12.2. The topological polar surface area (TPSA) is 93.7 Å². The fourth-order valence-electron chi connectivity index (χ4n) is 3.20. The van der Waals surface area contributed by atoms with Gasteiger partial charge in [0.2, 0.25) is 15.9 Å². The maximum Gasteiger partial charge on any atom is 0.244 e. The average molecular weight is 431 g/mol. The van der Waals surface area contributed by atoms with E-state index in [1.54, 1.807) is 30.3 Å². The van der Waals surface area contributed by atoms with Gasteiger partial charge >= 0.3 is 0 Å². The minimum Gasteiger partial charge on any atom is -0.494 e. The van der Waals surface area contributed by atoms with Crippen molar-refractivity contribution in [2.24, 2.45) is 0 Å². The maximum atomic E-state index is 12.2. The number of hydrogen-bond donors (Lipinski definition) is 2. The van der Waals surface area contributed by atoms with Gasteiger partial charge in [0, 0.05) is 35.9 Å². The molecule has 3 rings (SSSR count). The molecule has 1 aliphatic heterocycles. The van der Waals surface area contributed by atoms with Crippen LogP contribution >= 0.6 is 0 Å². The summed E-state index contributed by atoms with van der Waals surface area (Å²) in [6.07, 6.45) is 5.18. The molecule has 0 spiro atoms. The van der Waals surface area contributed by atoms with E-state index in [0.29, 0.717) is 18.8 Å². The van der Waals surface area contributed by atoms with Gasteiger partial charge in [-0.2, -0.15) is 0 Å². The third-order valence-electron chi connectivity index (χ3n) is 4.47. The molecule has 160 valence electrons. The molecule has 8 heteroatoms. The van der Waals surface area contributed by atoms with Gasteiger partial charge in [-0.05, 0) is 49.8 Å². The Labute approximate surface area is 177 Å². The van der Waals surface area contributed by atoms with Crippen LogP contribution < -0.4 is 19.5 Å². The van der Waals surface area contributed by atoms with Crippen LogP contribution in [0.3, 0.4) is 0 Å². The van der Waals surface area contributed by atoms with Crippen molar-refractivity contribution in [2.45, 2.75) is 32.9 Å². The Morgan fingerprint density at radius 3 is 2.67 bits per heavy atom. The van der Waals surface area contributed by atoms with E-state index in [1.165, 1.54) is 6.08 Å². The highest BCUT2D eigenvalue weighted by Gasteiger charge is 2.21. The highest BCUT2D eigenvalue weighted by molar-refractivity contribution is 7.92. The summed E-state index contributed by atoms with van der Waals surface area (Å²) in [6.45, 7) is 4.81. The number of ether oxygens (including phenoxy) is 2. The Balaban J connectivity index is 1.61. The van der Waals surface area contributed by atoms with Crippen LogP contribution in [-0.4, -0.2) is 33.3 Å². The number of amides is 1. The van der Waals surface area contributed by atoms with Gasteiger partial charge in [-0.3, -0.25) is 9.52 Å². The van der Waals surface area contributed by atoms with Crippen molar-refractivity contribution in [1.82, 2.24) is 5.32 Å². The number of hydrogen-bond acceptors (Lipinski definition) is 5. The fraction of sp³-hybridized carbons (Fsp3) is 0.318. The minimum atomic E-state index is -3.32. The Morgan fingerprint density at radius 1 is 1.27 bits per heavy atom. The molecule has 2 N–H and O–H groups in total. The van der Waals surface area contributed by atoms with Crippen LogP contribution in [0.1, 0.15) is 30.5 Å². The van der Waals surface area contributed by atoms with Gasteiger partial charge < -0.3 is 14.8 Å². The van der Waals surface area contributed by atoms with Crippen LogP contribution in [0.4, 0.5) is 5.69 Å². The first kappa shape index (κ1) is 21.7. The normalized spacial score (nSPS) is 15.5. The minimum absolute atomic E-state index is 0.140. The molecule has 30 heavy (non-hydrogen) atoms. The Kier molecular flexibility index (Phi) is 6.66. The van der Waals surface area contributed by atoms with Gasteiger partial charge in [0.05, 0.1) is 12.9 Å². The lowest BCUT2D eigenvalue weighted by Crippen LogP contribution is -2.20. The first-order valence-corrected chi connectivity index (χ1v) is 11.6. The van der Waals surface area contributed by atoms with Crippen molar-refractivity contribution >= 4 is 27.7 Å². The summed E-state index contributed by atoms with van der Waals surface area (Å²) < 4.78 is 36.4. The molecule has 0 aromatic heterocycles. The van der Waals surface area contributed by atoms with E-state index < -0.39 is 10.0 Å². The lowest BCUT2D eigenvalue weighted by molar-refractivity contribution is -0.116. The van der Waals surface area contributed by atoms with E-state index in [1.807, 2.05) is 26.0 Å². The fourth-order valence-corrected chi connectivity index (χ4v) is 3.76. The first-order valence-electron chi connectivity index (χ1n) is 9.72. The van der Waals surface area contributed by atoms with Crippen LogP contribution in [0.15, 0.2) is 42.5 Å². The van der Waals surface area contributed by atoms with Crippen LogP contribution in [0.2, 0.25) is 0 Å². The van der Waals surface area contributed by atoms with Crippen molar-refractivity contribution in [3.63, 3.8) is 0 Å². The van der Waals surface area contributed by atoms with Gasteiger partial charge in [-0.25, -0.2) is 8.42 Å². The molecule has 1 aliphatic rings. The highest BCUT2D eigenvalue weighted by atomic mass is 32.2. The molecule has 1 atom stereocenters. The van der Waals surface area contributed by atoms with Crippen molar-refractivity contribution in [3.8, 4) is 11.5 Å². The first-order chi connectivity index (χ1) is 14.2. The molecule has 0 bridgehead atoms. The van der Waals surface area contributed by atoms with Gasteiger partial charge in [0.25, 0.3) is 0 Å². The largest absolute Gasteiger partial charge is 0.494 e. The summed E-state index contributed by atoms with van der Waals surface area (Å²) in [5.74, 6) is 1.35. The summed E-state index contributed by atoms with van der Waals surface area (Å²) in [5.41, 5.74) is 3.23. The predicted molar refractivity (Wildman–Crippen MR) is 117 cm³/mol. The van der Waals surface area contributed by atoms with E-state index in [0.717, 1.165) is 40.9 Å². The molecule has 0 fully saturated rings. The number of benzene rings is 2. The van der Waals surface area contributed by atoms with Gasteiger partial charge in [0.15, 0.2) is 0 Å².